The number of methoxy groups -OCH3 is 1. The Balaban J connectivity index is 2.00. The molecule has 1 atom stereocenters. The summed E-state index contributed by atoms with van der Waals surface area (Å²) in [6, 6.07) is 12.2. The average molecular weight is 408 g/mol. The van der Waals surface area contributed by atoms with Crippen LogP contribution < -0.4 is 0 Å². The molecule has 1 aliphatic heterocycles. The lowest BCUT2D eigenvalue weighted by atomic mass is 9.91. The van der Waals surface area contributed by atoms with Crippen LogP contribution in [0.15, 0.2) is 47.4 Å². The van der Waals surface area contributed by atoms with Gasteiger partial charge in [0.05, 0.1) is 17.9 Å². The SMILES string of the molecule is COC(=O)C1CN(S(=O)(=O)c2ccc(C(C)C)c(Cl)c2)Cc2ccccc21. The fraction of sp³-hybridized carbons (Fsp3) is 0.350. The van der Waals surface area contributed by atoms with E-state index in [1.807, 2.05) is 38.1 Å². The molecule has 0 N–H and O–H groups in total. The fourth-order valence-electron chi connectivity index (χ4n) is 3.39. The molecule has 0 saturated heterocycles. The Hall–Kier alpha value is -1.89. The summed E-state index contributed by atoms with van der Waals surface area (Å²) in [5, 5.41) is 0.424. The van der Waals surface area contributed by atoms with Gasteiger partial charge in [-0.25, -0.2) is 8.42 Å². The van der Waals surface area contributed by atoms with E-state index in [-0.39, 0.29) is 23.9 Å². The first-order valence-corrected chi connectivity index (χ1v) is 10.5. The molecule has 0 radical (unpaired) electrons. The van der Waals surface area contributed by atoms with Crippen molar-refractivity contribution in [2.24, 2.45) is 0 Å². The molecule has 0 saturated carbocycles. The molecule has 144 valence electrons. The second-order valence-corrected chi connectivity index (χ2v) is 9.26. The molecule has 0 spiro atoms. The number of carbonyl (C=O) groups excluding carboxylic acids is 1. The molecule has 5 nitrogen and oxygen atoms in total. The summed E-state index contributed by atoms with van der Waals surface area (Å²) in [6.45, 7) is 4.24. The highest BCUT2D eigenvalue weighted by molar-refractivity contribution is 7.89. The monoisotopic (exact) mass is 407 g/mol. The number of fused-ring (bicyclic) bond motifs is 1. The second kappa shape index (κ2) is 7.62. The summed E-state index contributed by atoms with van der Waals surface area (Å²) >= 11 is 6.29. The van der Waals surface area contributed by atoms with E-state index in [1.54, 1.807) is 12.1 Å². The summed E-state index contributed by atoms with van der Waals surface area (Å²) in [6.07, 6.45) is 0. The van der Waals surface area contributed by atoms with Crippen LogP contribution in [0.5, 0.6) is 0 Å². The molecule has 3 rings (SSSR count). The minimum absolute atomic E-state index is 0.0373. The number of hydrogen-bond donors (Lipinski definition) is 0. The Labute approximate surface area is 165 Å². The molecule has 1 aliphatic rings. The van der Waals surface area contributed by atoms with E-state index in [2.05, 4.69) is 0 Å². The van der Waals surface area contributed by atoms with E-state index in [0.29, 0.717) is 5.02 Å². The van der Waals surface area contributed by atoms with Gasteiger partial charge >= 0.3 is 5.97 Å². The Morgan fingerprint density at radius 2 is 1.93 bits per heavy atom. The van der Waals surface area contributed by atoms with Gasteiger partial charge in [-0.15, -0.1) is 0 Å². The van der Waals surface area contributed by atoms with Crippen LogP contribution in [0.4, 0.5) is 0 Å². The number of rotatable bonds is 4. The number of ether oxygens (including phenoxy) is 1. The maximum absolute atomic E-state index is 13.2. The molecule has 1 unspecified atom stereocenters. The Kier molecular flexibility index (Phi) is 5.60. The highest BCUT2D eigenvalue weighted by atomic mass is 35.5. The van der Waals surface area contributed by atoms with E-state index in [0.717, 1.165) is 16.7 Å². The summed E-state index contributed by atoms with van der Waals surface area (Å²) < 4.78 is 32.6. The summed E-state index contributed by atoms with van der Waals surface area (Å²) in [5.41, 5.74) is 2.50. The maximum Gasteiger partial charge on any atom is 0.314 e. The quantitative estimate of drug-likeness (QED) is 0.720. The van der Waals surface area contributed by atoms with Crippen LogP contribution in [-0.4, -0.2) is 32.3 Å². The standard InChI is InChI=1S/C20H22ClNO4S/c1-13(2)16-9-8-15(10-19(16)21)27(24,25)22-11-14-6-4-5-7-17(14)18(12-22)20(23)26-3/h4-10,13,18H,11-12H2,1-3H3. The number of hydrogen-bond acceptors (Lipinski definition) is 4. The fourth-order valence-corrected chi connectivity index (χ4v) is 5.31. The van der Waals surface area contributed by atoms with Gasteiger partial charge < -0.3 is 4.74 Å². The smallest absolute Gasteiger partial charge is 0.314 e. The predicted molar refractivity (Wildman–Crippen MR) is 104 cm³/mol. The van der Waals surface area contributed by atoms with Crippen molar-refractivity contribution in [3.63, 3.8) is 0 Å². The highest BCUT2D eigenvalue weighted by Gasteiger charge is 2.37. The van der Waals surface area contributed by atoms with Crippen LogP contribution in [0, 0.1) is 0 Å². The predicted octanol–water partition coefficient (Wildman–Crippen LogP) is 3.92. The average Bonchev–Trinajstić information content (AvgIpc) is 2.66. The normalized spacial score (nSPS) is 17.6. The van der Waals surface area contributed by atoms with Gasteiger partial charge in [-0.2, -0.15) is 4.31 Å². The van der Waals surface area contributed by atoms with Crippen LogP contribution in [0.1, 0.15) is 42.4 Å². The lowest BCUT2D eigenvalue weighted by Crippen LogP contribution is -2.40. The maximum atomic E-state index is 13.2. The van der Waals surface area contributed by atoms with E-state index < -0.39 is 21.9 Å². The molecule has 7 heteroatoms. The highest BCUT2D eigenvalue weighted by Crippen LogP contribution is 2.34. The third-order valence-electron chi connectivity index (χ3n) is 4.88. The van der Waals surface area contributed by atoms with Gasteiger partial charge in [0, 0.05) is 18.1 Å². The number of sulfonamides is 1. The zero-order chi connectivity index (χ0) is 19.8. The van der Waals surface area contributed by atoms with Crippen molar-refractivity contribution in [1.82, 2.24) is 4.31 Å². The van der Waals surface area contributed by atoms with Gasteiger partial charge in [0.2, 0.25) is 10.0 Å². The number of carbonyl (C=O) groups is 1. The Morgan fingerprint density at radius 1 is 1.22 bits per heavy atom. The third kappa shape index (κ3) is 3.74. The van der Waals surface area contributed by atoms with Crippen molar-refractivity contribution in [3.8, 4) is 0 Å². The van der Waals surface area contributed by atoms with Crippen LogP contribution in [0.25, 0.3) is 0 Å². The van der Waals surface area contributed by atoms with Crippen molar-refractivity contribution in [1.29, 1.82) is 0 Å². The van der Waals surface area contributed by atoms with E-state index >= 15 is 0 Å². The number of halogens is 1. The number of esters is 1. The van der Waals surface area contributed by atoms with E-state index in [4.69, 9.17) is 16.3 Å². The van der Waals surface area contributed by atoms with Crippen molar-refractivity contribution < 1.29 is 17.9 Å². The number of benzene rings is 2. The molecule has 0 aliphatic carbocycles. The van der Waals surface area contributed by atoms with Gasteiger partial charge in [0.25, 0.3) is 0 Å². The second-order valence-electron chi connectivity index (χ2n) is 6.91. The first-order valence-electron chi connectivity index (χ1n) is 8.71. The van der Waals surface area contributed by atoms with Crippen LogP contribution in [0.3, 0.4) is 0 Å². The topological polar surface area (TPSA) is 63.7 Å². The van der Waals surface area contributed by atoms with Crippen molar-refractivity contribution in [3.05, 3.63) is 64.2 Å². The minimum atomic E-state index is -3.80. The third-order valence-corrected chi connectivity index (χ3v) is 7.02. The lowest BCUT2D eigenvalue weighted by Gasteiger charge is -2.32. The van der Waals surface area contributed by atoms with Gasteiger partial charge in [-0.05, 0) is 34.7 Å². The van der Waals surface area contributed by atoms with Crippen molar-refractivity contribution >= 4 is 27.6 Å². The zero-order valence-corrected chi connectivity index (χ0v) is 17.0. The van der Waals surface area contributed by atoms with Crippen molar-refractivity contribution in [2.45, 2.75) is 37.1 Å². The summed E-state index contributed by atoms with van der Waals surface area (Å²) in [7, 11) is -2.49. The molecule has 0 amide bonds. The zero-order valence-electron chi connectivity index (χ0n) is 15.5. The first-order chi connectivity index (χ1) is 12.8. The van der Waals surface area contributed by atoms with Gasteiger partial charge in [-0.1, -0.05) is 55.8 Å². The largest absolute Gasteiger partial charge is 0.469 e. The molecule has 1 heterocycles. The van der Waals surface area contributed by atoms with Crippen molar-refractivity contribution in [2.75, 3.05) is 13.7 Å². The molecular weight excluding hydrogens is 386 g/mol. The van der Waals surface area contributed by atoms with Gasteiger partial charge in [-0.3, -0.25) is 4.79 Å². The molecule has 2 aromatic rings. The molecule has 0 fully saturated rings. The van der Waals surface area contributed by atoms with Crippen LogP contribution >= 0.6 is 11.6 Å². The molecule has 0 aromatic heterocycles. The molecule has 27 heavy (non-hydrogen) atoms. The molecule has 2 aromatic carbocycles. The van der Waals surface area contributed by atoms with Gasteiger partial charge in [0.15, 0.2) is 0 Å². The van der Waals surface area contributed by atoms with Gasteiger partial charge in [0.1, 0.15) is 0 Å². The van der Waals surface area contributed by atoms with E-state index in [9.17, 15) is 13.2 Å². The molecular formula is C20H22ClNO4S. The minimum Gasteiger partial charge on any atom is -0.469 e. The first kappa shape index (κ1) is 19.9. The van der Waals surface area contributed by atoms with Crippen LogP contribution in [-0.2, 0) is 26.1 Å². The summed E-state index contributed by atoms with van der Waals surface area (Å²) in [5.74, 6) is -0.907. The number of nitrogens with zero attached hydrogens (tertiary/aromatic N) is 1. The lowest BCUT2D eigenvalue weighted by molar-refractivity contribution is -0.142. The van der Waals surface area contributed by atoms with Crippen LogP contribution in [0.2, 0.25) is 5.02 Å². The van der Waals surface area contributed by atoms with E-state index in [1.165, 1.54) is 17.5 Å². The Morgan fingerprint density at radius 3 is 2.56 bits per heavy atom. The Bertz CT molecular complexity index is 972. The molecule has 0 bridgehead atoms. The summed E-state index contributed by atoms with van der Waals surface area (Å²) in [4.78, 5) is 12.4.